The van der Waals surface area contributed by atoms with E-state index in [0.29, 0.717) is 29.4 Å². The predicted octanol–water partition coefficient (Wildman–Crippen LogP) is 3.98. The van der Waals surface area contributed by atoms with Crippen LogP contribution in [0.3, 0.4) is 0 Å². The van der Waals surface area contributed by atoms with E-state index < -0.39 is 18.1 Å². The minimum atomic E-state index is -5.26. The maximum absolute atomic E-state index is 12.4. The third-order valence-corrected chi connectivity index (χ3v) is 4.83. The normalized spacial score (nSPS) is 11.4. The molecule has 2 N–H and O–H groups in total. The maximum atomic E-state index is 12.4. The van der Waals surface area contributed by atoms with Crippen LogP contribution in [0.5, 0.6) is 11.6 Å². The van der Waals surface area contributed by atoms with E-state index >= 15 is 0 Å². The van der Waals surface area contributed by atoms with Crippen LogP contribution in [0.1, 0.15) is 21.6 Å². The van der Waals surface area contributed by atoms with Crippen LogP contribution in [0.2, 0.25) is 0 Å². The quantitative estimate of drug-likeness (QED) is 0.335. The SMILES string of the molecule is NCc1cc(Oc2cccc3c2ccn3Cc2cccc(C(=O)OC(=O)C(F)(F)F)c2)ncn1. The molecular formula is C23H17F3N4O4. The highest BCUT2D eigenvalue weighted by molar-refractivity contribution is 5.98. The number of hydrogen-bond acceptors (Lipinski definition) is 7. The molecule has 0 saturated heterocycles. The number of nitrogens with zero attached hydrogens (tertiary/aromatic N) is 3. The van der Waals surface area contributed by atoms with Crippen molar-refractivity contribution in [1.29, 1.82) is 0 Å². The molecule has 0 unspecified atom stereocenters. The van der Waals surface area contributed by atoms with Gasteiger partial charge in [0.05, 0.1) is 16.8 Å². The summed E-state index contributed by atoms with van der Waals surface area (Å²) in [6.07, 6.45) is -2.08. The molecule has 0 aliphatic rings. The van der Waals surface area contributed by atoms with Crippen molar-refractivity contribution in [1.82, 2.24) is 14.5 Å². The number of carbonyl (C=O) groups is 2. The summed E-state index contributed by atoms with van der Waals surface area (Å²) in [6, 6.07) is 14.8. The lowest BCUT2D eigenvalue weighted by atomic mass is 10.1. The lowest BCUT2D eigenvalue weighted by Gasteiger charge is -2.10. The number of nitrogens with two attached hydrogens (primary N) is 1. The van der Waals surface area contributed by atoms with Crippen LogP contribution >= 0.6 is 0 Å². The molecule has 0 spiro atoms. The summed E-state index contributed by atoms with van der Waals surface area (Å²) in [5.41, 5.74) is 7.49. The summed E-state index contributed by atoms with van der Waals surface area (Å²) in [4.78, 5) is 31.0. The van der Waals surface area contributed by atoms with Crippen molar-refractivity contribution in [3.05, 3.63) is 83.9 Å². The number of rotatable bonds is 6. The second-order valence-corrected chi connectivity index (χ2v) is 7.16. The van der Waals surface area contributed by atoms with E-state index in [1.165, 1.54) is 24.5 Å². The molecule has 0 atom stereocenters. The number of carbonyl (C=O) groups excluding carboxylic acids is 2. The molecule has 4 rings (SSSR count). The van der Waals surface area contributed by atoms with Crippen LogP contribution in [-0.4, -0.2) is 32.6 Å². The lowest BCUT2D eigenvalue weighted by molar-refractivity contribution is -0.193. The fourth-order valence-corrected chi connectivity index (χ4v) is 3.27. The minimum Gasteiger partial charge on any atom is -0.438 e. The first-order valence-corrected chi connectivity index (χ1v) is 9.93. The Kier molecular flexibility index (Phi) is 6.28. The van der Waals surface area contributed by atoms with Crippen LogP contribution in [-0.2, 0) is 22.6 Å². The van der Waals surface area contributed by atoms with Crippen molar-refractivity contribution in [2.24, 2.45) is 5.73 Å². The fraction of sp³-hybridized carbons (Fsp3) is 0.130. The van der Waals surface area contributed by atoms with Crippen molar-refractivity contribution in [2.75, 3.05) is 0 Å². The molecule has 8 nitrogen and oxygen atoms in total. The summed E-state index contributed by atoms with van der Waals surface area (Å²) in [6.45, 7) is 0.544. The van der Waals surface area contributed by atoms with Gasteiger partial charge < -0.3 is 19.8 Å². The molecule has 0 radical (unpaired) electrons. The van der Waals surface area contributed by atoms with Gasteiger partial charge in [-0.05, 0) is 35.9 Å². The summed E-state index contributed by atoms with van der Waals surface area (Å²) < 4.78 is 48.8. The highest BCUT2D eigenvalue weighted by atomic mass is 19.4. The van der Waals surface area contributed by atoms with Crippen LogP contribution < -0.4 is 10.5 Å². The number of fused-ring (bicyclic) bond motifs is 1. The summed E-state index contributed by atoms with van der Waals surface area (Å²) in [5, 5.41) is 0.793. The Morgan fingerprint density at radius 2 is 1.82 bits per heavy atom. The Labute approximate surface area is 190 Å². The molecule has 2 aromatic carbocycles. The van der Waals surface area contributed by atoms with Gasteiger partial charge in [0.25, 0.3) is 0 Å². The average Bonchev–Trinajstić information content (AvgIpc) is 3.22. The van der Waals surface area contributed by atoms with Gasteiger partial charge >= 0.3 is 18.1 Å². The minimum absolute atomic E-state index is 0.171. The van der Waals surface area contributed by atoms with Gasteiger partial charge in [0.1, 0.15) is 12.1 Å². The monoisotopic (exact) mass is 470 g/mol. The van der Waals surface area contributed by atoms with E-state index in [4.69, 9.17) is 10.5 Å². The van der Waals surface area contributed by atoms with E-state index in [1.807, 2.05) is 16.7 Å². The lowest BCUT2D eigenvalue weighted by Crippen LogP contribution is -2.28. The molecule has 0 amide bonds. The van der Waals surface area contributed by atoms with Crippen molar-refractivity contribution >= 4 is 22.8 Å². The van der Waals surface area contributed by atoms with Gasteiger partial charge in [-0.1, -0.05) is 18.2 Å². The Bertz CT molecular complexity index is 1370. The first kappa shape index (κ1) is 22.9. The number of halogens is 3. The third kappa shape index (κ3) is 5.04. The predicted molar refractivity (Wildman–Crippen MR) is 114 cm³/mol. The first-order valence-electron chi connectivity index (χ1n) is 9.93. The van der Waals surface area contributed by atoms with E-state index in [2.05, 4.69) is 14.7 Å². The number of benzene rings is 2. The van der Waals surface area contributed by atoms with Crippen molar-refractivity contribution in [3.63, 3.8) is 0 Å². The molecule has 4 aromatic rings. The molecule has 0 aliphatic carbocycles. The average molecular weight is 470 g/mol. The maximum Gasteiger partial charge on any atom is 0.491 e. The smallest absolute Gasteiger partial charge is 0.438 e. The highest BCUT2D eigenvalue weighted by Crippen LogP contribution is 2.30. The number of alkyl halides is 3. The summed E-state index contributed by atoms with van der Waals surface area (Å²) >= 11 is 0. The van der Waals surface area contributed by atoms with Gasteiger partial charge in [-0.3, -0.25) is 0 Å². The van der Waals surface area contributed by atoms with E-state index in [9.17, 15) is 22.8 Å². The highest BCUT2D eigenvalue weighted by Gasteiger charge is 2.42. The van der Waals surface area contributed by atoms with Crippen LogP contribution in [0.15, 0.2) is 67.1 Å². The van der Waals surface area contributed by atoms with Gasteiger partial charge in [-0.25, -0.2) is 19.6 Å². The fourth-order valence-electron chi connectivity index (χ4n) is 3.27. The molecular weight excluding hydrogens is 453 g/mol. The van der Waals surface area contributed by atoms with Crippen molar-refractivity contribution < 1.29 is 32.2 Å². The molecule has 11 heteroatoms. The van der Waals surface area contributed by atoms with Gasteiger partial charge in [0, 0.05) is 30.7 Å². The first-order chi connectivity index (χ1) is 16.2. The number of esters is 2. The van der Waals surface area contributed by atoms with E-state index in [-0.39, 0.29) is 12.1 Å². The zero-order valence-electron chi connectivity index (χ0n) is 17.5. The van der Waals surface area contributed by atoms with Crippen LogP contribution in [0.4, 0.5) is 13.2 Å². The molecule has 2 heterocycles. The standard InChI is InChI=1S/C23H17F3N4O4/c24-23(25,26)22(32)34-21(31)15-4-1-3-14(9-15)12-30-8-7-17-18(30)5-2-6-19(17)33-20-10-16(11-27)28-13-29-20/h1-10,13H,11-12,27H2. The van der Waals surface area contributed by atoms with Crippen molar-refractivity contribution in [2.45, 2.75) is 19.3 Å². The number of aromatic nitrogens is 3. The van der Waals surface area contributed by atoms with E-state index in [0.717, 1.165) is 10.9 Å². The Morgan fingerprint density at radius 3 is 2.59 bits per heavy atom. The van der Waals surface area contributed by atoms with E-state index in [1.54, 1.807) is 30.5 Å². The third-order valence-electron chi connectivity index (χ3n) is 4.83. The number of ether oxygens (including phenoxy) is 2. The molecule has 2 aromatic heterocycles. The zero-order chi connectivity index (χ0) is 24.3. The molecule has 34 heavy (non-hydrogen) atoms. The topological polar surface area (TPSA) is 109 Å². The Morgan fingerprint density at radius 1 is 1.03 bits per heavy atom. The van der Waals surface area contributed by atoms with Gasteiger partial charge in [0.2, 0.25) is 5.88 Å². The summed E-state index contributed by atoms with van der Waals surface area (Å²) in [5.74, 6) is -3.04. The van der Waals surface area contributed by atoms with Gasteiger partial charge in [0.15, 0.2) is 0 Å². The molecule has 0 saturated carbocycles. The second kappa shape index (κ2) is 9.32. The molecule has 0 bridgehead atoms. The van der Waals surface area contributed by atoms with Crippen molar-refractivity contribution in [3.8, 4) is 11.6 Å². The van der Waals surface area contributed by atoms with Gasteiger partial charge in [-0.15, -0.1) is 0 Å². The van der Waals surface area contributed by atoms with Crippen LogP contribution in [0, 0.1) is 0 Å². The largest absolute Gasteiger partial charge is 0.491 e. The zero-order valence-corrected chi connectivity index (χ0v) is 17.5. The molecule has 0 fully saturated rings. The van der Waals surface area contributed by atoms with Gasteiger partial charge in [-0.2, -0.15) is 13.2 Å². The molecule has 0 aliphatic heterocycles. The number of hydrogen-bond donors (Lipinski definition) is 1. The second-order valence-electron chi connectivity index (χ2n) is 7.16. The van der Waals surface area contributed by atoms with Crippen LogP contribution in [0.25, 0.3) is 10.9 Å². The Hall–Kier alpha value is -4.25. The Balaban J connectivity index is 1.55. The molecule has 174 valence electrons. The summed E-state index contributed by atoms with van der Waals surface area (Å²) in [7, 11) is 0.